The highest BCUT2D eigenvalue weighted by Gasteiger charge is 2.44. The Balaban J connectivity index is 1.48. The van der Waals surface area contributed by atoms with Crippen molar-refractivity contribution < 1.29 is 19.1 Å². The second-order valence-electron chi connectivity index (χ2n) is 8.71. The molecule has 6 nitrogen and oxygen atoms in total. The zero-order valence-corrected chi connectivity index (χ0v) is 18.4. The van der Waals surface area contributed by atoms with E-state index >= 15 is 0 Å². The van der Waals surface area contributed by atoms with Crippen molar-refractivity contribution in [2.45, 2.75) is 30.9 Å². The molecule has 2 aromatic carbocycles. The smallest absolute Gasteiger partial charge is 0.347 e. The maximum Gasteiger partial charge on any atom is 0.347 e. The maximum atomic E-state index is 13.3. The highest BCUT2D eigenvalue weighted by atomic mass is 16.6. The zero-order valence-electron chi connectivity index (χ0n) is 18.4. The molecule has 4 rings (SSSR count). The number of ether oxygens (including phenoxy) is 1. The molecule has 166 valence electrons. The summed E-state index contributed by atoms with van der Waals surface area (Å²) in [6.07, 6.45) is 8.09. The fraction of sp³-hybridized carbons (Fsp3) is 0.346. The first-order chi connectivity index (χ1) is 15.5. The summed E-state index contributed by atoms with van der Waals surface area (Å²) in [5.74, 6) is -0.637. The predicted octanol–water partition coefficient (Wildman–Crippen LogP) is 3.11. The van der Waals surface area contributed by atoms with Gasteiger partial charge in [0, 0.05) is 37.9 Å². The maximum absolute atomic E-state index is 13.3. The Hall–Kier alpha value is -3.09. The molecule has 0 saturated carbocycles. The number of esters is 1. The SMILES string of the molecule is C[N+]1(CCc2cnccn2)CCC[C@@H]1COC(=O)C(O)(c1ccccc1)c1ccccc1. The molecule has 1 N–H and O–H groups in total. The van der Waals surface area contributed by atoms with Crippen LogP contribution in [0.15, 0.2) is 79.3 Å². The molecule has 0 bridgehead atoms. The first-order valence-corrected chi connectivity index (χ1v) is 11.1. The van der Waals surface area contributed by atoms with E-state index in [9.17, 15) is 9.90 Å². The van der Waals surface area contributed by atoms with Crippen LogP contribution >= 0.6 is 0 Å². The van der Waals surface area contributed by atoms with Crippen LogP contribution in [0, 0.1) is 0 Å². The summed E-state index contributed by atoms with van der Waals surface area (Å²) in [7, 11) is 2.21. The van der Waals surface area contributed by atoms with Gasteiger partial charge in [0.15, 0.2) is 0 Å². The third kappa shape index (κ3) is 4.56. The van der Waals surface area contributed by atoms with Crippen molar-refractivity contribution in [1.82, 2.24) is 9.97 Å². The van der Waals surface area contributed by atoms with Crippen molar-refractivity contribution in [3.8, 4) is 0 Å². The molecule has 1 fully saturated rings. The number of quaternary nitrogens is 1. The number of carbonyl (C=O) groups excluding carboxylic acids is 1. The predicted molar refractivity (Wildman–Crippen MR) is 122 cm³/mol. The normalized spacial score (nSPS) is 20.8. The number of nitrogens with zero attached hydrogens (tertiary/aromatic N) is 3. The van der Waals surface area contributed by atoms with Gasteiger partial charge in [-0.2, -0.15) is 0 Å². The Kier molecular flexibility index (Phi) is 6.63. The van der Waals surface area contributed by atoms with E-state index in [1.165, 1.54) is 0 Å². The number of rotatable bonds is 8. The van der Waals surface area contributed by atoms with Crippen LogP contribution in [0.25, 0.3) is 0 Å². The monoisotopic (exact) mass is 432 g/mol. The lowest BCUT2D eigenvalue weighted by Gasteiger charge is -2.36. The minimum Gasteiger partial charge on any atom is -0.457 e. The van der Waals surface area contributed by atoms with E-state index in [4.69, 9.17) is 4.74 Å². The van der Waals surface area contributed by atoms with E-state index in [0.717, 1.165) is 42.5 Å². The fourth-order valence-electron chi connectivity index (χ4n) is 4.61. The number of likely N-dealkylation sites (tertiary alicyclic amines) is 1. The van der Waals surface area contributed by atoms with Gasteiger partial charge >= 0.3 is 5.97 Å². The van der Waals surface area contributed by atoms with Gasteiger partial charge in [-0.1, -0.05) is 60.7 Å². The van der Waals surface area contributed by atoms with Crippen LogP contribution in [0.2, 0.25) is 0 Å². The summed E-state index contributed by atoms with van der Waals surface area (Å²) in [6.45, 7) is 2.21. The number of benzene rings is 2. The van der Waals surface area contributed by atoms with Crippen LogP contribution in [0.4, 0.5) is 0 Å². The van der Waals surface area contributed by atoms with Crippen molar-refractivity contribution in [3.63, 3.8) is 0 Å². The van der Waals surface area contributed by atoms with Crippen LogP contribution < -0.4 is 0 Å². The first-order valence-electron chi connectivity index (χ1n) is 11.1. The Bertz CT molecular complexity index is 975. The fourth-order valence-corrected chi connectivity index (χ4v) is 4.61. The van der Waals surface area contributed by atoms with E-state index in [1.807, 2.05) is 36.4 Å². The molecule has 1 unspecified atom stereocenters. The van der Waals surface area contributed by atoms with Gasteiger partial charge < -0.3 is 14.3 Å². The summed E-state index contributed by atoms with van der Waals surface area (Å²) >= 11 is 0. The molecule has 2 heterocycles. The molecule has 0 amide bonds. The molecule has 1 aromatic heterocycles. The number of carbonyl (C=O) groups is 1. The summed E-state index contributed by atoms with van der Waals surface area (Å²) in [6, 6.07) is 18.2. The Labute approximate surface area is 189 Å². The molecule has 1 saturated heterocycles. The molecule has 1 aliphatic rings. The van der Waals surface area contributed by atoms with E-state index in [1.54, 1.807) is 42.9 Å². The lowest BCUT2D eigenvalue weighted by molar-refractivity contribution is -0.921. The van der Waals surface area contributed by atoms with Gasteiger partial charge in [0.2, 0.25) is 5.60 Å². The Morgan fingerprint density at radius 1 is 1.09 bits per heavy atom. The number of aliphatic hydroxyl groups is 1. The molecule has 3 aromatic rings. The number of aromatic nitrogens is 2. The molecule has 0 spiro atoms. The van der Waals surface area contributed by atoms with Crippen molar-refractivity contribution in [1.29, 1.82) is 0 Å². The molecule has 0 aliphatic carbocycles. The van der Waals surface area contributed by atoms with Crippen molar-refractivity contribution in [2.24, 2.45) is 0 Å². The average molecular weight is 433 g/mol. The first kappa shape index (κ1) is 22.1. The number of likely N-dealkylation sites (N-methyl/N-ethyl adjacent to an activating group) is 1. The molecule has 32 heavy (non-hydrogen) atoms. The van der Waals surface area contributed by atoms with Gasteiger partial charge in [-0.15, -0.1) is 0 Å². The summed E-state index contributed by atoms with van der Waals surface area (Å²) < 4.78 is 6.63. The lowest BCUT2D eigenvalue weighted by atomic mass is 9.86. The van der Waals surface area contributed by atoms with Gasteiger partial charge in [0.05, 0.1) is 25.8 Å². The van der Waals surface area contributed by atoms with Gasteiger partial charge in [-0.3, -0.25) is 9.97 Å². The van der Waals surface area contributed by atoms with Crippen molar-refractivity contribution >= 4 is 5.97 Å². The van der Waals surface area contributed by atoms with E-state index < -0.39 is 11.6 Å². The molecule has 6 heteroatoms. The Morgan fingerprint density at radius 2 is 1.75 bits per heavy atom. The second kappa shape index (κ2) is 9.59. The third-order valence-corrected chi connectivity index (χ3v) is 6.67. The largest absolute Gasteiger partial charge is 0.457 e. The lowest BCUT2D eigenvalue weighted by Crippen LogP contribution is -2.52. The Morgan fingerprint density at radius 3 is 2.34 bits per heavy atom. The molecular weight excluding hydrogens is 402 g/mol. The van der Waals surface area contributed by atoms with Gasteiger partial charge in [0.25, 0.3) is 0 Å². The number of hydrogen-bond acceptors (Lipinski definition) is 5. The summed E-state index contributed by atoms with van der Waals surface area (Å²) in [4.78, 5) is 21.8. The standard InChI is InChI=1S/C26H30N3O3/c1-29(18-14-23-19-27-15-16-28-23)17-8-13-24(29)20-32-25(30)26(31,21-9-4-2-5-10-21)22-11-6-3-7-12-22/h2-7,9-12,15-16,19,24,31H,8,13-14,17-18,20H2,1H3/q+1/t24-,29?/m1/s1. The highest BCUT2D eigenvalue weighted by Crippen LogP contribution is 2.32. The quantitative estimate of drug-likeness (QED) is 0.437. The third-order valence-electron chi connectivity index (χ3n) is 6.67. The van der Waals surface area contributed by atoms with Crippen LogP contribution in [0.5, 0.6) is 0 Å². The molecular formula is C26H30N3O3+. The minimum atomic E-state index is -1.84. The van der Waals surface area contributed by atoms with Crippen LogP contribution in [0.1, 0.15) is 29.7 Å². The van der Waals surface area contributed by atoms with Crippen molar-refractivity contribution in [3.05, 3.63) is 96.1 Å². The van der Waals surface area contributed by atoms with Crippen LogP contribution in [0.3, 0.4) is 0 Å². The van der Waals surface area contributed by atoms with Gasteiger partial charge in [-0.25, -0.2) is 4.79 Å². The molecule has 1 aliphatic heterocycles. The second-order valence-corrected chi connectivity index (χ2v) is 8.71. The molecule has 0 radical (unpaired) electrons. The van der Waals surface area contributed by atoms with E-state index in [0.29, 0.717) is 11.1 Å². The van der Waals surface area contributed by atoms with E-state index in [-0.39, 0.29) is 12.6 Å². The highest BCUT2D eigenvalue weighted by molar-refractivity contribution is 5.85. The zero-order chi connectivity index (χ0) is 22.4. The topological polar surface area (TPSA) is 72.3 Å². The minimum absolute atomic E-state index is 0.186. The van der Waals surface area contributed by atoms with Crippen LogP contribution in [-0.2, 0) is 21.6 Å². The van der Waals surface area contributed by atoms with Crippen LogP contribution in [-0.4, -0.2) is 58.3 Å². The van der Waals surface area contributed by atoms with E-state index in [2.05, 4.69) is 17.0 Å². The number of hydrogen-bond donors (Lipinski definition) is 1. The van der Waals surface area contributed by atoms with Crippen molar-refractivity contribution in [2.75, 3.05) is 26.7 Å². The molecule has 2 atom stereocenters. The average Bonchev–Trinajstić information content (AvgIpc) is 3.23. The van der Waals surface area contributed by atoms with Gasteiger partial charge in [0.1, 0.15) is 12.6 Å². The summed E-state index contributed by atoms with van der Waals surface area (Å²) in [5.41, 5.74) is 0.131. The van der Waals surface area contributed by atoms with Gasteiger partial charge in [-0.05, 0) is 11.1 Å². The summed E-state index contributed by atoms with van der Waals surface area (Å²) in [5, 5.41) is 11.6.